The Morgan fingerprint density at radius 1 is 1.10 bits per heavy atom. The Hall–Kier alpha value is -3.63. The van der Waals surface area contributed by atoms with E-state index in [1.165, 1.54) is 11.3 Å². The Bertz CT molecular complexity index is 1100. The predicted molar refractivity (Wildman–Crippen MR) is 118 cm³/mol. The minimum Gasteiger partial charge on any atom is -0.321 e. The molecule has 2 aromatic carbocycles. The first-order valence-electron chi connectivity index (χ1n) is 9.65. The molecule has 1 aromatic heterocycles. The standard InChI is InChI=1S/C23H20N4O2S/c24-15-17-6-1-2-7-18(17)16-26-11-5-12-27(23(26)29)20-9-3-8-19(14-20)25-22(28)21-10-4-13-30-21/h1-4,6-10,13-14H,5,11-12,16H2,(H,25,28). The van der Waals surface area contributed by atoms with E-state index in [0.29, 0.717) is 35.8 Å². The lowest BCUT2D eigenvalue weighted by molar-refractivity contribution is 0.103. The van der Waals surface area contributed by atoms with Crippen LogP contribution in [0.25, 0.3) is 0 Å². The fraction of sp³-hybridized carbons (Fsp3) is 0.174. The summed E-state index contributed by atoms with van der Waals surface area (Å²) in [6, 6.07) is 20.4. The van der Waals surface area contributed by atoms with Gasteiger partial charge in [0.25, 0.3) is 5.91 Å². The number of hydrogen-bond donors (Lipinski definition) is 1. The fourth-order valence-corrected chi connectivity index (χ4v) is 4.11. The first kappa shape index (κ1) is 19.7. The van der Waals surface area contributed by atoms with E-state index >= 15 is 0 Å². The molecule has 1 N–H and O–H groups in total. The third-order valence-electron chi connectivity index (χ3n) is 4.97. The number of nitriles is 1. The van der Waals surface area contributed by atoms with Gasteiger partial charge in [0.1, 0.15) is 0 Å². The molecule has 7 heteroatoms. The van der Waals surface area contributed by atoms with Crippen molar-refractivity contribution in [2.24, 2.45) is 0 Å². The van der Waals surface area contributed by atoms with E-state index in [4.69, 9.17) is 0 Å². The lowest BCUT2D eigenvalue weighted by Crippen LogP contribution is -2.49. The molecule has 4 rings (SSSR count). The fourth-order valence-electron chi connectivity index (χ4n) is 3.49. The molecule has 0 saturated carbocycles. The van der Waals surface area contributed by atoms with Gasteiger partial charge in [-0.3, -0.25) is 9.69 Å². The first-order valence-corrected chi connectivity index (χ1v) is 10.5. The summed E-state index contributed by atoms with van der Waals surface area (Å²) in [7, 11) is 0. The second-order valence-corrected chi connectivity index (χ2v) is 7.91. The summed E-state index contributed by atoms with van der Waals surface area (Å²) < 4.78 is 0. The Morgan fingerprint density at radius 3 is 2.77 bits per heavy atom. The number of urea groups is 1. The van der Waals surface area contributed by atoms with E-state index in [0.717, 1.165) is 17.7 Å². The van der Waals surface area contributed by atoms with Crippen molar-refractivity contribution < 1.29 is 9.59 Å². The van der Waals surface area contributed by atoms with Crippen LogP contribution in [0.2, 0.25) is 0 Å². The van der Waals surface area contributed by atoms with Crippen LogP contribution in [0.3, 0.4) is 0 Å². The lowest BCUT2D eigenvalue weighted by atomic mass is 10.1. The van der Waals surface area contributed by atoms with Crippen molar-refractivity contribution in [2.45, 2.75) is 13.0 Å². The van der Waals surface area contributed by atoms with Gasteiger partial charge in [-0.05, 0) is 47.7 Å². The number of rotatable bonds is 5. The maximum Gasteiger partial charge on any atom is 0.324 e. The number of carbonyl (C=O) groups excluding carboxylic acids is 2. The number of hydrogen-bond acceptors (Lipinski definition) is 4. The molecule has 30 heavy (non-hydrogen) atoms. The van der Waals surface area contributed by atoms with Gasteiger partial charge in [-0.25, -0.2) is 4.79 Å². The number of nitrogens with one attached hydrogen (secondary N) is 1. The molecule has 0 aliphatic carbocycles. The molecule has 2 heterocycles. The van der Waals surface area contributed by atoms with Crippen molar-refractivity contribution in [3.63, 3.8) is 0 Å². The molecule has 1 saturated heterocycles. The molecular formula is C23H20N4O2S. The molecule has 0 radical (unpaired) electrons. The van der Waals surface area contributed by atoms with E-state index in [1.807, 2.05) is 53.9 Å². The summed E-state index contributed by atoms with van der Waals surface area (Å²) in [5.41, 5.74) is 2.81. The molecule has 1 aliphatic rings. The second-order valence-electron chi connectivity index (χ2n) is 6.96. The van der Waals surface area contributed by atoms with Gasteiger partial charge < -0.3 is 10.2 Å². The quantitative estimate of drug-likeness (QED) is 0.655. The molecule has 0 unspecified atom stereocenters. The molecule has 1 aliphatic heterocycles. The SMILES string of the molecule is N#Cc1ccccc1CN1CCCN(c2cccc(NC(=O)c3cccs3)c2)C1=O. The highest BCUT2D eigenvalue weighted by Gasteiger charge is 2.27. The van der Waals surface area contributed by atoms with E-state index in [1.54, 1.807) is 21.9 Å². The Labute approximate surface area is 179 Å². The summed E-state index contributed by atoms with van der Waals surface area (Å²) in [6.45, 7) is 1.65. The molecule has 3 aromatic rings. The van der Waals surface area contributed by atoms with Crippen molar-refractivity contribution in [3.8, 4) is 6.07 Å². The van der Waals surface area contributed by atoms with Crippen LogP contribution in [-0.4, -0.2) is 29.9 Å². The highest BCUT2D eigenvalue weighted by molar-refractivity contribution is 7.12. The van der Waals surface area contributed by atoms with E-state index in [-0.39, 0.29) is 11.9 Å². The number of amides is 3. The first-order chi connectivity index (χ1) is 14.7. The number of benzene rings is 2. The van der Waals surface area contributed by atoms with Gasteiger partial charge in [0.2, 0.25) is 0 Å². The topological polar surface area (TPSA) is 76.4 Å². The largest absolute Gasteiger partial charge is 0.324 e. The third-order valence-corrected chi connectivity index (χ3v) is 5.84. The Morgan fingerprint density at radius 2 is 1.97 bits per heavy atom. The highest BCUT2D eigenvalue weighted by atomic mass is 32.1. The zero-order valence-corrected chi connectivity index (χ0v) is 17.1. The molecule has 6 nitrogen and oxygen atoms in total. The van der Waals surface area contributed by atoms with Crippen LogP contribution in [0.15, 0.2) is 66.0 Å². The van der Waals surface area contributed by atoms with Gasteiger partial charge in [0.05, 0.1) is 16.5 Å². The summed E-state index contributed by atoms with van der Waals surface area (Å²) >= 11 is 1.38. The zero-order valence-electron chi connectivity index (χ0n) is 16.2. The number of carbonyl (C=O) groups is 2. The van der Waals surface area contributed by atoms with Crippen LogP contribution in [0, 0.1) is 11.3 Å². The smallest absolute Gasteiger partial charge is 0.321 e. The van der Waals surface area contributed by atoms with Crippen LogP contribution in [-0.2, 0) is 6.54 Å². The van der Waals surface area contributed by atoms with Gasteiger partial charge in [0, 0.05) is 31.0 Å². The molecule has 0 bridgehead atoms. The number of thiophene rings is 1. The monoisotopic (exact) mass is 416 g/mol. The van der Waals surface area contributed by atoms with E-state index in [9.17, 15) is 14.9 Å². The van der Waals surface area contributed by atoms with E-state index < -0.39 is 0 Å². The predicted octanol–water partition coefficient (Wildman–Crippen LogP) is 4.70. The van der Waals surface area contributed by atoms with E-state index in [2.05, 4.69) is 11.4 Å². The van der Waals surface area contributed by atoms with Crippen molar-refractivity contribution in [1.82, 2.24) is 4.90 Å². The molecular weight excluding hydrogens is 396 g/mol. The maximum atomic E-state index is 13.1. The second kappa shape index (κ2) is 8.80. The van der Waals surface area contributed by atoms with Crippen LogP contribution in [0.5, 0.6) is 0 Å². The molecule has 150 valence electrons. The van der Waals surface area contributed by atoms with Gasteiger partial charge in [-0.1, -0.05) is 30.3 Å². The van der Waals surface area contributed by atoms with Crippen LogP contribution < -0.4 is 10.2 Å². The normalized spacial score (nSPS) is 13.8. The Balaban J connectivity index is 1.50. The van der Waals surface area contributed by atoms with Crippen molar-refractivity contribution in [3.05, 3.63) is 82.0 Å². The van der Waals surface area contributed by atoms with Crippen LogP contribution in [0.4, 0.5) is 16.2 Å². The van der Waals surface area contributed by atoms with Crippen molar-refractivity contribution >= 4 is 34.6 Å². The summed E-state index contributed by atoms with van der Waals surface area (Å²) in [4.78, 5) is 29.6. The average molecular weight is 417 g/mol. The van der Waals surface area contributed by atoms with Gasteiger partial charge in [-0.2, -0.15) is 5.26 Å². The highest BCUT2D eigenvalue weighted by Crippen LogP contribution is 2.25. The van der Waals surface area contributed by atoms with Crippen molar-refractivity contribution in [1.29, 1.82) is 5.26 Å². The van der Waals surface area contributed by atoms with Crippen molar-refractivity contribution in [2.75, 3.05) is 23.3 Å². The minimum atomic E-state index is -0.165. The van der Waals surface area contributed by atoms with Gasteiger partial charge >= 0.3 is 6.03 Å². The molecule has 3 amide bonds. The summed E-state index contributed by atoms with van der Waals surface area (Å²) in [6.07, 6.45) is 0.826. The van der Waals surface area contributed by atoms with Gasteiger partial charge in [0.15, 0.2) is 0 Å². The van der Waals surface area contributed by atoms with Crippen LogP contribution >= 0.6 is 11.3 Å². The lowest BCUT2D eigenvalue weighted by Gasteiger charge is -2.36. The minimum absolute atomic E-state index is 0.101. The Kier molecular flexibility index (Phi) is 5.77. The molecule has 1 fully saturated rings. The maximum absolute atomic E-state index is 13.1. The average Bonchev–Trinajstić information content (AvgIpc) is 3.31. The third kappa shape index (κ3) is 4.19. The summed E-state index contributed by atoms with van der Waals surface area (Å²) in [5, 5.41) is 14.1. The number of anilines is 2. The number of nitrogens with zero attached hydrogens (tertiary/aromatic N) is 3. The van der Waals surface area contributed by atoms with Crippen LogP contribution in [0.1, 0.15) is 27.2 Å². The van der Waals surface area contributed by atoms with Gasteiger partial charge in [-0.15, -0.1) is 11.3 Å². The zero-order chi connectivity index (χ0) is 20.9. The summed E-state index contributed by atoms with van der Waals surface area (Å²) in [5.74, 6) is -0.165. The molecule has 0 atom stereocenters. The molecule has 0 spiro atoms.